The number of aliphatic hydroxyl groups excluding tert-OH is 1. The molecule has 0 radical (unpaired) electrons. The molecule has 1 heterocycles. The molecule has 0 aliphatic rings. The monoisotopic (exact) mass is 180 g/mol. The Hall–Kier alpha value is -1.09. The summed E-state index contributed by atoms with van der Waals surface area (Å²) in [6.45, 7) is 3.79. The highest BCUT2D eigenvalue weighted by molar-refractivity contribution is 5.38. The molecule has 0 bridgehead atoms. The molecule has 72 valence electrons. The van der Waals surface area contributed by atoms with Gasteiger partial charge in [0.25, 0.3) is 0 Å². The lowest BCUT2D eigenvalue weighted by Gasteiger charge is -2.14. The van der Waals surface area contributed by atoms with Crippen LogP contribution in [0.1, 0.15) is 19.4 Å². The Kier molecular flexibility index (Phi) is 3.25. The molecule has 1 aromatic heterocycles. The quantitative estimate of drug-likeness (QED) is 0.735. The van der Waals surface area contributed by atoms with Crippen LogP contribution in [0, 0.1) is 5.92 Å². The van der Waals surface area contributed by atoms with E-state index in [2.05, 4.69) is 4.98 Å². The van der Waals surface area contributed by atoms with Gasteiger partial charge in [-0.05, 0) is 30.9 Å². The fourth-order valence-electron chi connectivity index (χ4n) is 1.14. The third kappa shape index (κ3) is 2.70. The Labute approximate surface area is 78.6 Å². The number of nitrogens with two attached hydrogens (primary N) is 1. The first-order valence-corrected chi connectivity index (χ1v) is 4.48. The SMILES string of the molecule is CC(O)C(C)Cc1cccnc1N. The topological polar surface area (TPSA) is 59.1 Å². The van der Waals surface area contributed by atoms with E-state index in [4.69, 9.17) is 5.73 Å². The van der Waals surface area contributed by atoms with E-state index in [-0.39, 0.29) is 12.0 Å². The summed E-state index contributed by atoms with van der Waals surface area (Å²) < 4.78 is 0. The number of hydrogen-bond donors (Lipinski definition) is 2. The van der Waals surface area contributed by atoms with Crippen molar-refractivity contribution in [1.82, 2.24) is 4.98 Å². The standard InChI is InChI=1S/C10H16N2O/c1-7(8(2)13)6-9-4-3-5-12-10(9)11/h3-5,7-8,13H,6H2,1-2H3,(H2,11,12). The third-order valence-corrected chi connectivity index (χ3v) is 2.29. The van der Waals surface area contributed by atoms with Crippen molar-refractivity contribution in [1.29, 1.82) is 0 Å². The van der Waals surface area contributed by atoms with E-state index in [0.29, 0.717) is 5.82 Å². The molecule has 2 unspecified atom stereocenters. The lowest BCUT2D eigenvalue weighted by atomic mass is 9.97. The number of rotatable bonds is 3. The normalized spacial score (nSPS) is 15.3. The molecular formula is C10H16N2O. The number of nitrogen functional groups attached to an aromatic ring is 1. The Morgan fingerprint density at radius 3 is 2.77 bits per heavy atom. The van der Waals surface area contributed by atoms with Gasteiger partial charge in [-0.1, -0.05) is 13.0 Å². The Balaban J connectivity index is 2.69. The first-order valence-electron chi connectivity index (χ1n) is 4.48. The van der Waals surface area contributed by atoms with E-state index in [0.717, 1.165) is 12.0 Å². The van der Waals surface area contributed by atoms with Crippen LogP contribution in [-0.2, 0) is 6.42 Å². The number of aliphatic hydroxyl groups is 1. The van der Waals surface area contributed by atoms with E-state index in [1.54, 1.807) is 13.1 Å². The molecule has 3 N–H and O–H groups in total. The second-order valence-corrected chi connectivity index (χ2v) is 3.47. The fourth-order valence-corrected chi connectivity index (χ4v) is 1.14. The molecule has 0 aromatic carbocycles. The van der Waals surface area contributed by atoms with Crippen LogP contribution in [0.25, 0.3) is 0 Å². The summed E-state index contributed by atoms with van der Waals surface area (Å²) in [6.07, 6.45) is 2.14. The minimum Gasteiger partial charge on any atom is -0.393 e. The summed E-state index contributed by atoms with van der Waals surface area (Å²) in [6, 6.07) is 3.81. The first-order chi connectivity index (χ1) is 6.11. The highest BCUT2D eigenvalue weighted by Gasteiger charge is 2.11. The van der Waals surface area contributed by atoms with Gasteiger partial charge in [0.05, 0.1) is 6.10 Å². The van der Waals surface area contributed by atoms with Crippen LogP contribution >= 0.6 is 0 Å². The molecule has 2 atom stereocenters. The molecule has 1 aromatic rings. The summed E-state index contributed by atoms with van der Waals surface area (Å²) in [4.78, 5) is 3.99. The van der Waals surface area contributed by atoms with Crippen molar-refractivity contribution >= 4 is 5.82 Å². The van der Waals surface area contributed by atoms with Crippen molar-refractivity contribution in [3.63, 3.8) is 0 Å². The Morgan fingerprint density at radius 1 is 1.54 bits per heavy atom. The molecule has 3 heteroatoms. The molecule has 13 heavy (non-hydrogen) atoms. The molecule has 0 fully saturated rings. The predicted molar refractivity (Wildman–Crippen MR) is 53.2 cm³/mol. The zero-order chi connectivity index (χ0) is 9.84. The molecule has 0 spiro atoms. The number of pyridine rings is 1. The Morgan fingerprint density at radius 2 is 2.23 bits per heavy atom. The highest BCUT2D eigenvalue weighted by atomic mass is 16.3. The summed E-state index contributed by atoms with van der Waals surface area (Å²) in [5.41, 5.74) is 6.69. The zero-order valence-electron chi connectivity index (χ0n) is 8.07. The number of hydrogen-bond acceptors (Lipinski definition) is 3. The smallest absolute Gasteiger partial charge is 0.126 e. The maximum absolute atomic E-state index is 9.31. The van der Waals surface area contributed by atoms with E-state index in [1.165, 1.54) is 0 Å². The maximum Gasteiger partial charge on any atom is 0.126 e. The van der Waals surface area contributed by atoms with E-state index < -0.39 is 0 Å². The number of anilines is 1. The summed E-state index contributed by atoms with van der Waals surface area (Å²) >= 11 is 0. The van der Waals surface area contributed by atoms with Gasteiger partial charge in [-0.15, -0.1) is 0 Å². The lowest BCUT2D eigenvalue weighted by molar-refractivity contribution is 0.135. The van der Waals surface area contributed by atoms with Crippen molar-refractivity contribution in [2.24, 2.45) is 5.92 Å². The molecule has 0 aliphatic heterocycles. The van der Waals surface area contributed by atoms with E-state index in [9.17, 15) is 5.11 Å². The first kappa shape index (κ1) is 9.99. The largest absolute Gasteiger partial charge is 0.393 e. The molecule has 1 rings (SSSR count). The van der Waals surface area contributed by atoms with Crippen molar-refractivity contribution in [2.75, 3.05) is 5.73 Å². The van der Waals surface area contributed by atoms with Crippen molar-refractivity contribution in [3.05, 3.63) is 23.9 Å². The van der Waals surface area contributed by atoms with Gasteiger partial charge < -0.3 is 10.8 Å². The van der Waals surface area contributed by atoms with Crippen molar-refractivity contribution in [3.8, 4) is 0 Å². The molecular weight excluding hydrogens is 164 g/mol. The van der Waals surface area contributed by atoms with E-state index in [1.807, 2.05) is 19.1 Å². The number of aromatic nitrogens is 1. The summed E-state index contributed by atoms with van der Waals surface area (Å²) in [7, 11) is 0. The predicted octanol–water partition coefficient (Wildman–Crippen LogP) is 1.22. The van der Waals surface area contributed by atoms with Gasteiger partial charge in [-0.25, -0.2) is 4.98 Å². The molecule has 3 nitrogen and oxygen atoms in total. The van der Waals surface area contributed by atoms with Gasteiger partial charge in [-0.3, -0.25) is 0 Å². The van der Waals surface area contributed by atoms with Gasteiger partial charge in [-0.2, -0.15) is 0 Å². The zero-order valence-corrected chi connectivity index (χ0v) is 8.07. The lowest BCUT2D eigenvalue weighted by Crippen LogP contribution is -2.16. The van der Waals surface area contributed by atoms with Crippen LogP contribution < -0.4 is 5.73 Å². The minimum atomic E-state index is -0.306. The fraction of sp³-hybridized carbons (Fsp3) is 0.500. The van der Waals surface area contributed by atoms with Gasteiger partial charge in [0, 0.05) is 6.20 Å². The van der Waals surface area contributed by atoms with Gasteiger partial charge in [0.2, 0.25) is 0 Å². The van der Waals surface area contributed by atoms with Crippen LogP contribution in [0.15, 0.2) is 18.3 Å². The second kappa shape index (κ2) is 4.23. The molecule has 0 saturated heterocycles. The maximum atomic E-state index is 9.31. The molecule has 0 saturated carbocycles. The van der Waals surface area contributed by atoms with Crippen LogP contribution in [0.2, 0.25) is 0 Å². The van der Waals surface area contributed by atoms with Gasteiger partial charge in [0.15, 0.2) is 0 Å². The average molecular weight is 180 g/mol. The van der Waals surface area contributed by atoms with Crippen molar-refractivity contribution < 1.29 is 5.11 Å². The minimum absolute atomic E-state index is 0.214. The van der Waals surface area contributed by atoms with Crippen LogP contribution in [0.5, 0.6) is 0 Å². The summed E-state index contributed by atoms with van der Waals surface area (Å²) in [5, 5.41) is 9.31. The average Bonchev–Trinajstić information content (AvgIpc) is 2.08. The van der Waals surface area contributed by atoms with Crippen LogP contribution in [0.4, 0.5) is 5.82 Å². The van der Waals surface area contributed by atoms with Crippen LogP contribution in [0.3, 0.4) is 0 Å². The second-order valence-electron chi connectivity index (χ2n) is 3.47. The Bertz CT molecular complexity index is 273. The van der Waals surface area contributed by atoms with Gasteiger partial charge in [0.1, 0.15) is 5.82 Å². The highest BCUT2D eigenvalue weighted by Crippen LogP contribution is 2.15. The summed E-state index contributed by atoms with van der Waals surface area (Å²) in [5.74, 6) is 0.779. The van der Waals surface area contributed by atoms with Gasteiger partial charge >= 0.3 is 0 Å². The molecule has 0 amide bonds. The third-order valence-electron chi connectivity index (χ3n) is 2.29. The molecule has 0 aliphatic carbocycles. The number of nitrogens with zero attached hydrogens (tertiary/aromatic N) is 1. The van der Waals surface area contributed by atoms with Crippen molar-refractivity contribution in [2.45, 2.75) is 26.4 Å². The van der Waals surface area contributed by atoms with Crippen LogP contribution in [-0.4, -0.2) is 16.2 Å². The van der Waals surface area contributed by atoms with E-state index >= 15 is 0 Å².